The van der Waals surface area contributed by atoms with Crippen LogP contribution in [0.5, 0.6) is 5.75 Å². The number of pyridine rings is 1. The van der Waals surface area contributed by atoms with E-state index in [0.717, 1.165) is 19.3 Å². The maximum absolute atomic E-state index is 12.2. The summed E-state index contributed by atoms with van der Waals surface area (Å²) in [5.41, 5.74) is 1.53. The molecule has 0 radical (unpaired) electrons. The minimum Gasteiger partial charge on any atom is -0.484 e. The summed E-state index contributed by atoms with van der Waals surface area (Å²) < 4.78 is 6.07. The predicted molar refractivity (Wildman–Crippen MR) is 110 cm³/mol. The van der Waals surface area contributed by atoms with Crippen LogP contribution < -0.4 is 10.2 Å². The molecule has 0 saturated heterocycles. The lowest BCUT2D eigenvalue weighted by atomic mass is 10.0. The molecule has 1 aromatic carbocycles. The van der Waals surface area contributed by atoms with Gasteiger partial charge in [-0.25, -0.2) is 0 Å². The van der Waals surface area contributed by atoms with Gasteiger partial charge < -0.3 is 14.8 Å². The monoisotopic (exact) mass is 371 g/mol. The van der Waals surface area contributed by atoms with Gasteiger partial charge in [-0.15, -0.1) is 0 Å². The van der Waals surface area contributed by atoms with Gasteiger partial charge in [-0.05, 0) is 18.4 Å². The van der Waals surface area contributed by atoms with Crippen LogP contribution in [0.3, 0.4) is 0 Å². The number of hydrogen-bond donors (Lipinski definition) is 2. The molecule has 0 bridgehead atoms. The van der Waals surface area contributed by atoms with Crippen molar-refractivity contribution in [3.8, 4) is 5.75 Å². The zero-order valence-electron chi connectivity index (χ0n) is 16.5. The molecule has 2 N–H and O–H groups in total. The van der Waals surface area contributed by atoms with Crippen molar-refractivity contribution in [2.75, 3.05) is 0 Å². The fraction of sp³-hybridized carbons (Fsp3) is 0.522. The van der Waals surface area contributed by atoms with Crippen LogP contribution in [-0.2, 0) is 13.0 Å². The molecule has 4 nitrogen and oxygen atoms in total. The van der Waals surface area contributed by atoms with E-state index < -0.39 is 0 Å². The van der Waals surface area contributed by atoms with Crippen LogP contribution in [0.4, 0.5) is 0 Å². The van der Waals surface area contributed by atoms with Crippen molar-refractivity contribution in [1.29, 1.82) is 0 Å². The summed E-state index contributed by atoms with van der Waals surface area (Å²) in [6, 6.07) is 11.7. The van der Waals surface area contributed by atoms with Crippen LogP contribution >= 0.6 is 0 Å². The molecule has 148 valence electrons. The fourth-order valence-corrected chi connectivity index (χ4v) is 3.27. The number of benzene rings is 1. The number of hydrogen-bond acceptors (Lipinski definition) is 3. The van der Waals surface area contributed by atoms with Crippen molar-refractivity contribution < 1.29 is 9.84 Å². The third kappa shape index (κ3) is 8.00. The van der Waals surface area contributed by atoms with Gasteiger partial charge in [0.05, 0.1) is 6.61 Å². The number of aliphatic hydroxyl groups is 1. The summed E-state index contributed by atoms with van der Waals surface area (Å²) in [4.78, 5) is 15.1. The summed E-state index contributed by atoms with van der Waals surface area (Å²) in [6.45, 7) is 2.06. The predicted octanol–water partition coefficient (Wildman–Crippen LogP) is 5.00. The molecule has 0 spiro atoms. The van der Waals surface area contributed by atoms with Crippen molar-refractivity contribution in [3.05, 3.63) is 64.1 Å². The number of aliphatic hydroxyl groups excluding tert-OH is 1. The van der Waals surface area contributed by atoms with Crippen molar-refractivity contribution in [2.24, 2.45) is 0 Å². The third-order valence-electron chi connectivity index (χ3n) is 4.84. The van der Waals surface area contributed by atoms with Gasteiger partial charge in [0, 0.05) is 24.4 Å². The van der Waals surface area contributed by atoms with Gasteiger partial charge in [-0.2, -0.15) is 0 Å². The minimum absolute atomic E-state index is 0.0240. The van der Waals surface area contributed by atoms with Gasteiger partial charge in [0.1, 0.15) is 6.10 Å². The van der Waals surface area contributed by atoms with E-state index in [-0.39, 0.29) is 18.1 Å². The van der Waals surface area contributed by atoms with Crippen LogP contribution in [0, 0.1) is 0 Å². The first kappa shape index (κ1) is 21.2. The van der Waals surface area contributed by atoms with Crippen LogP contribution in [0.1, 0.15) is 69.5 Å². The number of unbranched alkanes of at least 4 members (excludes halogenated alkanes) is 6. The maximum atomic E-state index is 12.2. The Morgan fingerprint density at radius 1 is 1.04 bits per heavy atom. The minimum atomic E-state index is -0.185. The Labute approximate surface area is 162 Å². The lowest BCUT2D eigenvalue weighted by Crippen LogP contribution is -2.23. The summed E-state index contributed by atoms with van der Waals surface area (Å²) in [7, 11) is 0. The molecule has 1 unspecified atom stereocenters. The molecule has 0 aliphatic heterocycles. The molecule has 1 heterocycles. The van der Waals surface area contributed by atoms with Crippen molar-refractivity contribution in [3.63, 3.8) is 0 Å². The molecule has 0 fully saturated rings. The van der Waals surface area contributed by atoms with Crippen LogP contribution in [0.25, 0.3) is 0 Å². The SMILES string of the molecule is CCCCCCCCCC(Cc1ccccc1)Oc1c[nH]c(CO)cc1=O. The number of aromatic nitrogens is 1. The van der Waals surface area contributed by atoms with Crippen LogP contribution in [0.2, 0.25) is 0 Å². The molecule has 0 amide bonds. The Balaban J connectivity index is 1.92. The largest absolute Gasteiger partial charge is 0.484 e. The van der Waals surface area contributed by atoms with E-state index >= 15 is 0 Å². The standard InChI is InChI=1S/C23H33NO3/c1-2-3-4-5-6-7-11-14-21(15-19-12-9-8-10-13-19)27-23-17-24-20(18-25)16-22(23)26/h8-10,12-13,16-17,21,25H,2-7,11,14-15,18H2,1H3,(H,24,26). The highest BCUT2D eigenvalue weighted by molar-refractivity contribution is 5.21. The fourth-order valence-electron chi connectivity index (χ4n) is 3.27. The van der Waals surface area contributed by atoms with E-state index in [9.17, 15) is 4.79 Å². The summed E-state index contributed by atoms with van der Waals surface area (Å²) >= 11 is 0. The van der Waals surface area contributed by atoms with E-state index in [0.29, 0.717) is 11.4 Å². The first-order valence-electron chi connectivity index (χ1n) is 10.3. The second-order valence-electron chi connectivity index (χ2n) is 7.18. The van der Waals surface area contributed by atoms with Gasteiger partial charge in [-0.3, -0.25) is 4.79 Å². The Kier molecular flexibility index (Phi) is 9.70. The lowest BCUT2D eigenvalue weighted by Gasteiger charge is -2.19. The van der Waals surface area contributed by atoms with Gasteiger partial charge in [0.25, 0.3) is 0 Å². The maximum Gasteiger partial charge on any atom is 0.223 e. The van der Waals surface area contributed by atoms with Gasteiger partial charge in [0.2, 0.25) is 5.43 Å². The van der Waals surface area contributed by atoms with E-state index in [4.69, 9.17) is 9.84 Å². The second-order valence-corrected chi connectivity index (χ2v) is 7.18. The number of nitrogens with one attached hydrogen (secondary N) is 1. The highest BCUT2D eigenvalue weighted by atomic mass is 16.5. The Hall–Kier alpha value is -2.07. The molecule has 2 rings (SSSR count). The number of aromatic amines is 1. The summed E-state index contributed by atoms with van der Waals surface area (Å²) in [5.74, 6) is 0.330. The number of ether oxygens (including phenoxy) is 1. The van der Waals surface area contributed by atoms with Gasteiger partial charge in [0.15, 0.2) is 5.75 Å². The summed E-state index contributed by atoms with van der Waals surface area (Å²) in [5, 5.41) is 9.14. The van der Waals surface area contributed by atoms with Crippen molar-refractivity contribution in [1.82, 2.24) is 4.98 Å². The van der Waals surface area contributed by atoms with Crippen molar-refractivity contribution in [2.45, 2.75) is 77.4 Å². The first-order chi connectivity index (χ1) is 13.2. The lowest BCUT2D eigenvalue weighted by molar-refractivity contribution is 0.184. The molecule has 1 atom stereocenters. The molecule has 0 aliphatic carbocycles. The van der Waals surface area contributed by atoms with E-state index in [1.807, 2.05) is 18.2 Å². The van der Waals surface area contributed by atoms with Crippen LogP contribution in [-0.4, -0.2) is 16.2 Å². The normalized spacial score (nSPS) is 12.1. The molecule has 2 aromatic rings. The average Bonchev–Trinajstić information content (AvgIpc) is 2.69. The zero-order valence-corrected chi connectivity index (χ0v) is 16.5. The Morgan fingerprint density at radius 2 is 1.74 bits per heavy atom. The molecule has 27 heavy (non-hydrogen) atoms. The quantitative estimate of drug-likeness (QED) is 0.487. The molecule has 4 heteroatoms. The van der Waals surface area contributed by atoms with E-state index in [1.54, 1.807) is 6.20 Å². The topological polar surface area (TPSA) is 62.3 Å². The molecule has 0 saturated carbocycles. The second kappa shape index (κ2) is 12.3. The van der Waals surface area contributed by atoms with E-state index in [1.165, 1.54) is 50.2 Å². The highest BCUT2D eigenvalue weighted by Gasteiger charge is 2.14. The van der Waals surface area contributed by atoms with Crippen LogP contribution in [0.15, 0.2) is 47.4 Å². The molecular weight excluding hydrogens is 338 g/mol. The van der Waals surface area contributed by atoms with Gasteiger partial charge >= 0.3 is 0 Å². The van der Waals surface area contributed by atoms with Gasteiger partial charge in [-0.1, -0.05) is 75.8 Å². The number of H-pyrrole nitrogens is 1. The molecular formula is C23H33NO3. The summed E-state index contributed by atoms with van der Waals surface area (Å²) in [6.07, 6.45) is 12.1. The highest BCUT2D eigenvalue weighted by Crippen LogP contribution is 2.17. The first-order valence-corrected chi connectivity index (χ1v) is 10.3. The Morgan fingerprint density at radius 3 is 2.41 bits per heavy atom. The average molecular weight is 372 g/mol. The third-order valence-corrected chi connectivity index (χ3v) is 4.84. The zero-order chi connectivity index (χ0) is 19.3. The Bertz CT molecular complexity index is 696. The molecule has 1 aromatic heterocycles. The van der Waals surface area contributed by atoms with E-state index in [2.05, 4.69) is 24.0 Å². The van der Waals surface area contributed by atoms with Crippen molar-refractivity contribution >= 4 is 0 Å². The molecule has 0 aliphatic rings. The number of rotatable bonds is 13. The smallest absolute Gasteiger partial charge is 0.223 e.